The van der Waals surface area contributed by atoms with Crippen LogP contribution >= 0.6 is 12.2 Å². The second-order valence-electron chi connectivity index (χ2n) is 6.20. The Morgan fingerprint density at radius 1 is 0.913 bits per heavy atom. The Kier molecular flexibility index (Phi) is 5.78. The van der Waals surface area contributed by atoms with Gasteiger partial charge in [0.05, 0.1) is 6.04 Å². The Labute approximate surface area is 145 Å². The van der Waals surface area contributed by atoms with Gasteiger partial charge in [0.25, 0.3) is 0 Å². The summed E-state index contributed by atoms with van der Waals surface area (Å²) in [6.45, 7) is 10.7. The number of hydrogen-bond donors (Lipinski definition) is 2. The lowest BCUT2D eigenvalue weighted by Gasteiger charge is -2.21. The van der Waals surface area contributed by atoms with Crippen LogP contribution in [-0.2, 0) is 0 Å². The molecule has 0 aliphatic rings. The van der Waals surface area contributed by atoms with Gasteiger partial charge in [-0.2, -0.15) is 0 Å². The number of anilines is 1. The molecule has 2 nitrogen and oxygen atoms in total. The van der Waals surface area contributed by atoms with Crippen LogP contribution in [0.25, 0.3) is 0 Å². The van der Waals surface area contributed by atoms with Crippen LogP contribution in [0, 0.1) is 27.7 Å². The maximum absolute atomic E-state index is 5.49. The largest absolute Gasteiger partial charge is 0.356 e. The smallest absolute Gasteiger partial charge is 0.171 e. The van der Waals surface area contributed by atoms with Gasteiger partial charge in [-0.15, -0.1) is 0 Å². The van der Waals surface area contributed by atoms with E-state index in [4.69, 9.17) is 12.2 Å². The molecule has 2 aromatic carbocycles. The lowest BCUT2D eigenvalue weighted by Crippen LogP contribution is -2.32. The number of hydrogen-bond acceptors (Lipinski definition) is 1. The van der Waals surface area contributed by atoms with Gasteiger partial charge >= 0.3 is 0 Å². The Morgan fingerprint density at radius 3 is 2.09 bits per heavy atom. The van der Waals surface area contributed by atoms with E-state index < -0.39 is 0 Å². The van der Waals surface area contributed by atoms with Gasteiger partial charge in [0.2, 0.25) is 0 Å². The molecule has 0 heterocycles. The summed E-state index contributed by atoms with van der Waals surface area (Å²) in [6, 6.07) is 13.1. The van der Waals surface area contributed by atoms with Crippen molar-refractivity contribution in [2.45, 2.75) is 47.1 Å². The van der Waals surface area contributed by atoms with E-state index in [2.05, 4.69) is 81.7 Å². The van der Waals surface area contributed by atoms with E-state index in [9.17, 15) is 0 Å². The predicted molar refractivity (Wildman–Crippen MR) is 104 cm³/mol. The summed E-state index contributed by atoms with van der Waals surface area (Å²) < 4.78 is 0. The van der Waals surface area contributed by atoms with Gasteiger partial charge < -0.3 is 10.6 Å². The summed E-state index contributed by atoms with van der Waals surface area (Å²) >= 11 is 5.49. The summed E-state index contributed by atoms with van der Waals surface area (Å²) in [5, 5.41) is 7.39. The molecule has 0 spiro atoms. The maximum atomic E-state index is 5.49. The van der Waals surface area contributed by atoms with E-state index in [0.29, 0.717) is 5.11 Å². The number of aryl methyl sites for hydroxylation is 4. The zero-order valence-electron chi connectivity index (χ0n) is 14.7. The first-order valence-corrected chi connectivity index (χ1v) is 8.53. The predicted octanol–water partition coefficient (Wildman–Crippen LogP) is 5.36. The molecule has 2 rings (SSSR count). The Balaban J connectivity index is 2.07. The molecule has 0 fully saturated rings. The van der Waals surface area contributed by atoms with Crippen molar-refractivity contribution >= 4 is 23.0 Å². The second-order valence-corrected chi connectivity index (χ2v) is 6.61. The van der Waals surface area contributed by atoms with Crippen LogP contribution in [0.3, 0.4) is 0 Å². The lowest BCUT2D eigenvalue weighted by molar-refractivity contribution is 0.628. The van der Waals surface area contributed by atoms with Crippen molar-refractivity contribution in [3.63, 3.8) is 0 Å². The van der Waals surface area contributed by atoms with E-state index in [-0.39, 0.29) is 6.04 Å². The highest BCUT2D eigenvalue weighted by Gasteiger charge is 2.11. The zero-order valence-corrected chi connectivity index (χ0v) is 15.5. The number of rotatable bonds is 4. The SMILES string of the molecule is CC[C@@H](NC(=S)Nc1ccc(C)c(C)c1)c1ccc(C)c(C)c1. The molecule has 0 bridgehead atoms. The molecule has 0 unspecified atom stereocenters. The van der Waals surface area contributed by atoms with E-state index in [1.807, 2.05) is 0 Å². The number of thiocarbonyl (C=S) groups is 1. The van der Waals surface area contributed by atoms with Crippen LogP contribution in [0.2, 0.25) is 0 Å². The minimum Gasteiger partial charge on any atom is -0.356 e. The molecule has 0 aromatic heterocycles. The molecule has 0 saturated carbocycles. The van der Waals surface area contributed by atoms with Crippen molar-refractivity contribution in [1.82, 2.24) is 5.32 Å². The number of nitrogens with one attached hydrogen (secondary N) is 2. The van der Waals surface area contributed by atoms with Crippen molar-refractivity contribution in [1.29, 1.82) is 0 Å². The first kappa shape index (κ1) is 17.5. The maximum Gasteiger partial charge on any atom is 0.171 e. The first-order chi connectivity index (χ1) is 10.9. The summed E-state index contributed by atoms with van der Waals surface area (Å²) in [4.78, 5) is 0. The fourth-order valence-electron chi connectivity index (χ4n) is 2.55. The van der Waals surface area contributed by atoms with Crippen LogP contribution < -0.4 is 10.6 Å². The van der Waals surface area contributed by atoms with Crippen molar-refractivity contribution in [2.75, 3.05) is 5.32 Å². The topological polar surface area (TPSA) is 24.1 Å². The van der Waals surface area contributed by atoms with Crippen LogP contribution in [0.4, 0.5) is 5.69 Å². The normalized spacial score (nSPS) is 11.9. The third-order valence-corrected chi connectivity index (χ3v) is 4.63. The Hall–Kier alpha value is -1.87. The molecule has 1 atom stereocenters. The van der Waals surface area contributed by atoms with Crippen molar-refractivity contribution < 1.29 is 0 Å². The third-order valence-electron chi connectivity index (χ3n) is 4.41. The van der Waals surface area contributed by atoms with Gasteiger partial charge in [-0.05, 0) is 86.3 Å². The number of benzene rings is 2. The van der Waals surface area contributed by atoms with Gasteiger partial charge in [0, 0.05) is 5.69 Å². The summed E-state index contributed by atoms with van der Waals surface area (Å²) in [5.74, 6) is 0. The molecular formula is C20H26N2S. The average Bonchev–Trinajstić information content (AvgIpc) is 2.51. The zero-order chi connectivity index (χ0) is 17.0. The summed E-state index contributed by atoms with van der Waals surface area (Å²) in [5.41, 5.74) is 7.49. The van der Waals surface area contributed by atoms with Crippen LogP contribution in [-0.4, -0.2) is 5.11 Å². The quantitative estimate of drug-likeness (QED) is 0.740. The van der Waals surface area contributed by atoms with E-state index in [1.165, 1.54) is 27.8 Å². The highest BCUT2D eigenvalue weighted by molar-refractivity contribution is 7.80. The highest BCUT2D eigenvalue weighted by Crippen LogP contribution is 2.20. The van der Waals surface area contributed by atoms with Gasteiger partial charge in [-0.25, -0.2) is 0 Å². The molecule has 2 aromatic rings. The van der Waals surface area contributed by atoms with Crippen LogP contribution in [0.5, 0.6) is 0 Å². The van der Waals surface area contributed by atoms with Gasteiger partial charge in [0.1, 0.15) is 0 Å². The highest BCUT2D eigenvalue weighted by atomic mass is 32.1. The fraction of sp³-hybridized carbons (Fsp3) is 0.350. The third kappa shape index (κ3) is 4.55. The molecule has 0 aliphatic carbocycles. The molecule has 0 radical (unpaired) electrons. The Bertz CT molecular complexity index is 707. The monoisotopic (exact) mass is 326 g/mol. The standard InChI is InChI=1S/C20H26N2S/c1-6-19(17-9-7-13(2)15(4)11-17)22-20(23)21-18-10-8-14(3)16(5)12-18/h7-12,19H,6H2,1-5H3,(H2,21,22,23)/t19-/m1/s1. The second kappa shape index (κ2) is 7.60. The molecule has 0 amide bonds. The molecule has 0 aliphatic heterocycles. The fourth-order valence-corrected chi connectivity index (χ4v) is 2.81. The van der Waals surface area contributed by atoms with Gasteiger partial charge in [-0.3, -0.25) is 0 Å². The van der Waals surface area contributed by atoms with Crippen LogP contribution in [0.15, 0.2) is 36.4 Å². The minimum absolute atomic E-state index is 0.223. The molecule has 2 N–H and O–H groups in total. The van der Waals surface area contributed by atoms with E-state index >= 15 is 0 Å². The van der Waals surface area contributed by atoms with Crippen molar-refractivity contribution in [3.8, 4) is 0 Å². The molecule has 23 heavy (non-hydrogen) atoms. The van der Waals surface area contributed by atoms with Gasteiger partial charge in [-0.1, -0.05) is 31.2 Å². The van der Waals surface area contributed by atoms with Gasteiger partial charge in [0.15, 0.2) is 5.11 Å². The molecular weight excluding hydrogens is 300 g/mol. The minimum atomic E-state index is 0.223. The summed E-state index contributed by atoms with van der Waals surface area (Å²) in [6.07, 6.45) is 0.983. The van der Waals surface area contributed by atoms with E-state index in [0.717, 1.165) is 12.1 Å². The first-order valence-electron chi connectivity index (χ1n) is 8.12. The molecule has 0 saturated heterocycles. The van der Waals surface area contributed by atoms with E-state index in [1.54, 1.807) is 0 Å². The van der Waals surface area contributed by atoms with Crippen molar-refractivity contribution in [2.24, 2.45) is 0 Å². The molecule has 122 valence electrons. The van der Waals surface area contributed by atoms with Crippen LogP contribution in [0.1, 0.15) is 47.2 Å². The molecule has 3 heteroatoms. The summed E-state index contributed by atoms with van der Waals surface area (Å²) in [7, 11) is 0. The van der Waals surface area contributed by atoms with Crippen molar-refractivity contribution in [3.05, 3.63) is 64.2 Å². The average molecular weight is 327 g/mol. The Morgan fingerprint density at radius 2 is 1.52 bits per heavy atom. The lowest BCUT2D eigenvalue weighted by atomic mass is 9.99.